The first-order chi connectivity index (χ1) is 13.2. The molecule has 1 aliphatic rings. The summed E-state index contributed by atoms with van der Waals surface area (Å²) in [4.78, 5) is 14.9. The summed E-state index contributed by atoms with van der Waals surface area (Å²) < 4.78 is 28.2. The predicted octanol–water partition coefficient (Wildman–Crippen LogP) is 4.05. The zero-order chi connectivity index (χ0) is 20.3. The summed E-state index contributed by atoms with van der Waals surface area (Å²) in [5, 5.41) is 0. The van der Waals surface area contributed by atoms with E-state index in [1.54, 1.807) is 48.5 Å². The Morgan fingerprint density at radius 1 is 1.04 bits per heavy atom. The smallest absolute Gasteiger partial charge is 0.253 e. The summed E-state index contributed by atoms with van der Waals surface area (Å²) in [6.07, 6.45) is 1.15. The number of halogens is 1. The number of nitrogens with zero attached hydrogens (tertiary/aromatic N) is 1. The second-order valence-electron chi connectivity index (χ2n) is 7.63. The maximum absolute atomic E-state index is 12.7. The van der Waals surface area contributed by atoms with E-state index in [1.807, 2.05) is 4.90 Å². The van der Waals surface area contributed by atoms with E-state index >= 15 is 0 Å². The van der Waals surface area contributed by atoms with Gasteiger partial charge in [-0.3, -0.25) is 4.79 Å². The highest BCUT2D eigenvalue weighted by Gasteiger charge is 2.26. The van der Waals surface area contributed by atoms with Gasteiger partial charge in [-0.15, -0.1) is 0 Å². The normalized spacial score (nSPS) is 20.2. The van der Waals surface area contributed by atoms with Crippen LogP contribution >= 0.6 is 15.9 Å². The molecule has 0 aromatic heterocycles. The van der Waals surface area contributed by atoms with Crippen LogP contribution in [0.2, 0.25) is 0 Å². The average molecular weight is 465 g/mol. The summed E-state index contributed by atoms with van der Waals surface area (Å²) in [7, 11) is -3.58. The fourth-order valence-corrected chi connectivity index (χ4v) is 4.93. The Morgan fingerprint density at radius 3 is 2.18 bits per heavy atom. The molecule has 1 amide bonds. The molecule has 0 bridgehead atoms. The number of amides is 1. The average Bonchev–Trinajstić information content (AvgIpc) is 2.66. The van der Waals surface area contributed by atoms with Gasteiger partial charge < -0.3 is 4.90 Å². The molecule has 7 heteroatoms. The van der Waals surface area contributed by atoms with E-state index in [-0.39, 0.29) is 17.3 Å². The quantitative estimate of drug-likeness (QED) is 0.725. The van der Waals surface area contributed by atoms with Crippen molar-refractivity contribution in [1.82, 2.24) is 9.62 Å². The maximum atomic E-state index is 12.7. The summed E-state index contributed by atoms with van der Waals surface area (Å²) in [5.74, 6) is 1.07. The van der Waals surface area contributed by atoms with Crippen LogP contribution in [0.5, 0.6) is 0 Å². The zero-order valence-electron chi connectivity index (χ0n) is 16.1. The van der Waals surface area contributed by atoms with E-state index in [4.69, 9.17) is 0 Å². The van der Waals surface area contributed by atoms with E-state index in [2.05, 4.69) is 34.5 Å². The van der Waals surface area contributed by atoms with Gasteiger partial charge in [-0.1, -0.05) is 41.9 Å². The third kappa shape index (κ3) is 5.21. The van der Waals surface area contributed by atoms with Crippen LogP contribution in [0.3, 0.4) is 0 Å². The third-order valence-electron chi connectivity index (χ3n) is 4.95. The van der Waals surface area contributed by atoms with Crippen molar-refractivity contribution >= 4 is 31.9 Å². The molecule has 1 saturated heterocycles. The van der Waals surface area contributed by atoms with Crippen LogP contribution in [0.4, 0.5) is 0 Å². The first-order valence-corrected chi connectivity index (χ1v) is 11.7. The molecule has 0 aliphatic carbocycles. The van der Waals surface area contributed by atoms with Gasteiger partial charge >= 0.3 is 0 Å². The second kappa shape index (κ2) is 8.76. The molecule has 2 unspecified atom stereocenters. The summed E-state index contributed by atoms with van der Waals surface area (Å²) in [5.41, 5.74) is 1.44. The molecular formula is C21H25BrN2O3S. The number of likely N-dealkylation sites (tertiary alicyclic amines) is 1. The van der Waals surface area contributed by atoms with Gasteiger partial charge in [0, 0.05) is 29.7 Å². The van der Waals surface area contributed by atoms with Crippen LogP contribution < -0.4 is 4.72 Å². The van der Waals surface area contributed by atoms with Gasteiger partial charge in [0.1, 0.15) is 0 Å². The Morgan fingerprint density at radius 2 is 1.61 bits per heavy atom. The van der Waals surface area contributed by atoms with Crippen molar-refractivity contribution in [2.45, 2.75) is 31.7 Å². The fourth-order valence-electron chi connectivity index (χ4n) is 3.65. The number of rotatable bonds is 5. The van der Waals surface area contributed by atoms with E-state index in [0.29, 0.717) is 17.4 Å². The Balaban J connectivity index is 1.63. The van der Waals surface area contributed by atoms with Crippen molar-refractivity contribution in [3.8, 4) is 0 Å². The fraction of sp³-hybridized carbons (Fsp3) is 0.381. The molecule has 2 aromatic carbocycles. The Labute approximate surface area is 175 Å². The number of carbonyl (C=O) groups is 1. The van der Waals surface area contributed by atoms with Gasteiger partial charge in [-0.05, 0) is 60.2 Å². The molecular weight excluding hydrogens is 440 g/mol. The Bertz CT molecular complexity index is 917. The molecule has 2 atom stereocenters. The second-order valence-corrected chi connectivity index (χ2v) is 10.3. The van der Waals surface area contributed by atoms with Gasteiger partial charge in [0.15, 0.2) is 0 Å². The number of piperidine rings is 1. The minimum absolute atomic E-state index is 0.0420. The van der Waals surface area contributed by atoms with Crippen LogP contribution in [0, 0.1) is 11.8 Å². The molecule has 1 fully saturated rings. The predicted molar refractivity (Wildman–Crippen MR) is 113 cm³/mol. The van der Waals surface area contributed by atoms with Crippen LogP contribution in [0.1, 0.15) is 36.2 Å². The molecule has 0 spiro atoms. The molecule has 0 radical (unpaired) electrons. The molecule has 1 N–H and O–H groups in total. The van der Waals surface area contributed by atoms with Gasteiger partial charge in [0.2, 0.25) is 10.0 Å². The first kappa shape index (κ1) is 21.0. The lowest BCUT2D eigenvalue weighted by atomic mass is 9.91. The minimum atomic E-state index is -3.58. The van der Waals surface area contributed by atoms with E-state index < -0.39 is 10.0 Å². The number of hydrogen-bond acceptors (Lipinski definition) is 3. The number of carbonyl (C=O) groups excluding carboxylic acids is 1. The van der Waals surface area contributed by atoms with Crippen molar-refractivity contribution < 1.29 is 13.2 Å². The van der Waals surface area contributed by atoms with E-state index in [0.717, 1.165) is 29.5 Å². The van der Waals surface area contributed by atoms with Crippen LogP contribution in [-0.2, 0) is 16.6 Å². The minimum Gasteiger partial charge on any atom is -0.338 e. The summed E-state index contributed by atoms with van der Waals surface area (Å²) >= 11 is 3.30. The Kier molecular flexibility index (Phi) is 6.58. The zero-order valence-corrected chi connectivity index (χ0v) is 18.5. The molecule has 0 saturated carbocycles. The van der Waals surface area contributed by atoms with Crippen LogP contribution in [0.25, 0.3) is 0 Å². The summed E-state index contributed by atoms with van der Waals surface area (Å²) in [6.45, 7) is 6.10. The standard InChI is InChI=1S/C21H25BrN2O3S/c1-15-11-16(2)14-24(13-15)21(25)18-5-3-17(4-6-18)12-23-28(26,27)20-9-7-19(22)8-10-20/h3-10,15-16,23H,11-14H2,1-2H3. The highest BCUT2D eigenvalue weighted by Crippen LogP contribution is 2.22. The van der Waals surface area contributed by atoms with Crippen molar-refractivity contribution in [1.29, 1.82) is 0 Å². The van der Waals surface area contributed by atoms with E-state index in [9.17, 15) is 13.2 Å². The van der Waals surface area contributed by atoms with Gasteiger partial charge in [-0.25, -0.2) is 13.1 Å². The summed E-state index contributed by atoms with van der Waals surface area (Å²) in [6, 6.07) is 13.6. The SMILES string of the molecule is CC1CC(C)CN(C(=O)c2ccc(CNS(=O)(=O)c3ccc(Br)cc3)cc2)C1. The molecule has 1 aliphatic heterocycles. The van der Waals surface area contributed by atoms with Gasteiger partial charge in [0.05, 0.1) is 4.90 Å². The number of nitrogens with one attached hydrogen (secondary N) is 1. The Hall–Kier alpha value is -1.70. The number of sulfonamides is 1. The monoisotopic (exact) mass is 464 g/mol. The first-order valence-electron chi connectivity index (χ1n) is 9.38. The van der Waals surface area contributed by atoms with Gasteiger partial charge in [0.25, 0.3) is 5.91 Å². The lowest BCUT2D eigenvalue weighted by molar-refractivity contribution is 0.0623. The van der Waals surface area contributed by atoms with Crippen molar-refractivity contribution in [2.24, 2.45) is 11.8 Å². The highest BCUT2D eigenvalue weighted by atomic mass is 79.9. The van der Waals surface area contributed by atoms with E-state index in [1.165, 1.54) is 0 Å². The largest absolute Gasteiger partial charge is 0.338 e. The van der Waals surface area contributed by atoms with Crippen molar-refractivity contribution in [2.75, 3.05) is 13.1 Å². The van der Waals surface area contributed by atoms with Gasteiger partial charge in [-0.2, -0.15) is 0 Å². The van der Waals surface area contributed by atoms with Crippen molar-refractivity contribution in [3.63, 3.8) is 0 Å². The lowest BCUT2D eigenvalue weighted by Gasteiger charge is -2.35. The molecule has 5 nitrogen and oxygen atoms in total. The number of benzene rings is 2. The molecule has 2 aromatic rings. The molecule has 3 rings (SSSR count). The van der Waals surface area contributed by atoms with Crippen molar-refractivity contribution in [3.05, 3.63) is 64.1 Å². The number of hydrogen-bond donors (Lipinski definition) is 1. The third-order valence-corrected chi connectivity index (χ3v) is 6.89. The highest BCUT2D eigenvalue weighted by molar-refractivity contribution is 9.10. The molecule has 1 heterocycles. The topological polar surface area (TPSA) is 66.5 Å². The van der Waals surface area contributed by atoms with Crippen LogP contribution in [-0.4, -0.2) is 32.3 Å². The molecule has 28 heavy (non-hydrogen) atoms. The molecule has 150 valence electrons. The maximum Gasteiger partial charge on any atom is 0.253 e. The lowest BCUT2D eigenvalue weighted by Crippen LogP contribution is -2.42. The van der Waals surface area contributed by atoms with Crippen LogP contribution in [0.15, 0.2) is 57.9 Å².